The number of benzene rings is 1. The second kappa shape index (κ2) is 5.28. The van der Waals surface area contributed by atoms with Gasteiger partial charge in [-0.25, -0.2) is 0 Å². The summed E-state index contributed by atoms with van der Waals surface area (Å²) in [6, 6.07) is 6.93. The molecule has 2 rings (SSSR count). The van der Waals surface area contributed by atoms with Crippen molar-refractivity contribution in [2.24, 2.45) is 5.92 Å². The van der Waals surface area contributed by atoms with Crippen molar-refractivity contribution in [1.29, 1.82) is 5.26 Å². The zero-order chi connectivity index (χ0) is 13.1. The molecule has 0 bridgehead atoms. The minimum atomic E-state index is -0.827. The van der Waals surface area contributed by atoms with Crippen molar-refractivity contribution in [2.45, 2.75) is 25.3 Å². The Labute approximate surface area is 110 Å². The maximum atomic E-state index is 10.8. The Morgan fingerprint density at radius 1 is 1.61 bits per heavy atom. The van der Waals surface area contributed by atoms with Gasteiger partial charge in [-0.3, -0.25) is 4.79 Å². The van der Waals surface area contributed by atoms with E-state index in [4.69, 9.17) is 22.0 Å². The Bertz CT molecular complexity index is 506. The van der Waals surface area contributed by atoms with Gasteiger partial charge in [0.25, 0.3) is 0 Å². The average Bonchev–Trinajstić information content (AvgIpc) is 3.13. The van der Waals surface area contributed by atoms with Crippen molar-refractivity contribution in [3.63, 3.8) is 0 Å². The van der Waals surface area contributed by atoms with Crippen LogP contribution >= 0.6 is 11.6 Å². The fraction of sp³-hybridized carbons (Fsp3) is 0.385. The van der Waals surface area contributed by atoms with Crippen LogP contribution in [0.1, 0.15) is 24.8 Å². The predicted octanol–water partition coefficient (Wildman–Crippen LogP) is 2.88. The van der Waals surface area contributed by atoms with E-state index in [0.29, 0.717) is 22.2 Å². The van der Waals surface area contributed by atoms with Gasteiger partial charge in [-0.05, 0) is 37.0 Å². The third-order valence-corrected chi connectivity index (χ3v) is 3.26. The summed E-state index contributed by atoms with van der Waals surface area (Å²) in [4.78, 5) is 10.8. The Morgan fingerprint density at radius 2 is 2.33 bits per heavy atom. The highest BCUT2D eigenvalue weighted by Gasteiger charge is 2.32. The van der Waals surface area contributed by atoms with E-state index in [-0.39, 0.29) is 12.5 Å². The summed E-state index contributed by atoms with van der Waals surface area (Å²) in [5, 5.41) is 21.6. The van der Waals surface area contributed by atoms with Gasteiger partial charge in [0.05, 0.1) is 17.7 Å². The molecule has 0 heterocycles. The molecule has 1 aromatic rings. The third kappa shape index (κ3) is 3.14. The summed E-state index contributed by atoms with van der Waals surface area (Å²) in [5.41, 5.74) is 1.10. The summed E-state index contributed by atoms with van der Waals surface area (Å²) in [5.74, 6) is -0.435. The van der Waals surface area contributed by atoms with Gasteiger partial charge in [0, 0.05) is 11.1 Å². The van der Waals surface area contributed by atoms with Crippen LogP contribution in [0.2, 0.25) is 5.02 Å². The first kappa shape index (κ1) is 12.7. The molecular weight excluding hydrogens is 252 g/mol. The van der Waals surface area contributed by atoms with Crippen molar-refractivity contribution in [3.05, 3.63) is 28.8 Å². The van der Waals surface area contributed by atoms with E-state index in [1.165, 1.54) is 0 Å². The molecule has 0 amide bonds. The van der Waals surface area contributed by atoms with Crippen LogP contribution in [0.25, 0.3) is 0 Å². The minimum absolute atomic E-state index is 0.0676. The number of hydrogen-bond acceptors (Lipinski definition) is 3. The van der Waals surface area contributed by atoms with E-state index >= 15 is 0 Å². The summed E-state index contributed by atoms with van der Waals surface area (Å²) in [7, 11) is 0. The SMILES string of the molecule is N#Cc1cc(Cl)ccc1NC(CC(=O)O)C1CC1. The van der Waals surface area contributed by atoms with Gasteiger partial charge in [0.1, 0.15) is 6.07 Å². The molecular formula is C13H13ClN2O2. The molecule has 0 aliphatic heterocycles. The van der Waals surface area contributed by atoms with Crippen LogP contribution in [0.5, 0.6) is 0 Å². The van der Waals surface area contributed by atoms with Gasteiger partial charge in [-0.15, -0.1) is 0 Å². The summed E-state index contributed by atoms with van der Waals surface area (Å²) in [6.45, 7) is 0. The fourth-order valence-electron chi connectivity index (χ4n) is 1.96. The molecule has 1 atom stereocenters. The number of carbonyl (C=O) groups is 1. The van der Waals surface area contributed by atoms with Crippen LogP contribution in [0.3, 0.4) is 0 Å². The molecule has 1 aliphatic rings. The molecule has 1 fully saturated rings. The number of halogens is 1. The highest BCUT2D eigenvalue weighted by Crippen LogP contribution is 2.36. The first-order chi connectivity index (χ1) is 8.60. The highest BCUT2D eigenvalue weighted by molar-refractivity contribution is 6.30. The number of carboxylic acid groups (broad SMARTS) is 1. The molecule has 0 saturated heterocycles. The Kier molecular flexibility index (Phi) is 3.73. The smallest absolute Gasteiger partial charge is 0.305 e. The van der Waals surface area contributed by atoms with Gasteiger partial charge in [-0.2, -0.15) is 5.26 Å². The number of nitriles is 1. The molecule has 18 heavy (non-hydrogen) atoms. The molecule has 1 unspecified atom stereocenters. The molecule has 0 aromatic heterocycles. The van der Waals surface area contributed by atoms with Gasteiger partial charge >= 0.3 is 5.97 Å². The molecule has 0 spiro atoms. The quantitative estimate of drug-likeness (QED) is 0.858. The van der Waals surface area contributed by atoms with E-state index in [1.54, 1.807) is 18.2 Å². The van der Waals surface area contributed by atoms with Crippen LogP contribution in [0.4, 0.5) is 5.69 Å². The van der Waals surface area contributed by atoms with E-state index in [9.17, 15) is 4.79 Å². The summed E-state index contributed by atoms with van der Waals surface area (Å²) in [6.07, 6.45) is 2.15. The first-order valence-corrected chi connectivity index (χ1v) is 6.16. The second-order valence-corrected chi connectivity index (χ2v) is 4.92. The van der Waals surface area contributed by atoms with Crippen LogP contribution in [0.15, 0.2) is 18.2 Å². The van der Waals surface area contributed by atoms with Gasteiger partial charge in [0.2, 0.25) is 0 Å². The maximum Gasteiger partial charge on any atom is 0.305 e. The first-order valence-electron chi connectivity index (χ1n) is 5.78. The van der Waals surface area contributed by atoms with Gasteiger partial charge in [-0.1, -0.05) is 11.6 Å². The van der Waals surface area contributed by atoms with Gasteiger partial charge in [0.15, 0.2) is 0 Å². The lowest BCUT2D eigenvalue weighted by molar-refractivity contribution is -0.137. The second-order valence-electron chi connectivity index (χ2n) is 4.49. The zero-order valence-corrected chi connectivity index (χ0v) is 10.4. The number of anilines is 1. The van der Waals surface area contributed by atoms with E-state index in [2.05, 4.69) is 11.4 Å². The maximum absolute atomic E-state index is 10.8. The number of aliphatic carboxylic acids is 1. The minimum Gasteiger partial charge on any atom is -0.481 e. The molecule has 2 N–H and O–H groups in total. The predicted molar refractivity (Wildman–Crippen MR) is 68.6 cm³/mol. The van der Waals surface area contributed by atoms with Crippen molar-refractivity contribution in [1.82, 2.24) is 0 Å². The lowest BCUT2D eigenvalue weighted by Crippen LogP contribution is -2.25. The molecule has 5 heteroatoms. The summed E-state index contributed by atoms with van der Waals surface area (Å²) < 4.78 is 0. The van der Waals surface area contributed by atoms with E-state index < -0.39 is 5.97 Å². The van der Waals surface area contributed by atoms with Crippen LogP contribution in [-0.2, 0) is 4.79 Å². The third-order valence-electron chi connectivity index (χ3n) is 3.03. The number of nitrogens with one attached hydrogen (secondary N) is 1. The van der Waals surface area contributed by atoms with Crippen molar-refractivity contribution < 1.29 is 9.90 Å². The molecule has 0 radical (unpaired) electrons. The molecule has 1 aromatic carbocycles. The number of hydrogen-bond donors (Lipinski definition) is 2. The number of carboxylic acids is 1. The molecule has 4 nitrogen and oxygen atoms in total. The van der Waals surface area contributed by atoms with Crippen LogP contribution < -0.4 is 5.32 Å². The van der Waals surface area contributed by atoms with Crippen molar-refractivity contribution in [2.75, 3.05) is 5.32 Å². The molecule has 94 valence electrons. The van der Waals surface area contributed by atoms with Crippen LogP contribution in [-0.4, -0.2) is 17.1 Å². The summed E-state index contributed by atoms with van der Waals surface area (Å²) >= 11 is 5.82. The Balaban J connectivity index is 2.16. The largest absolute Gasteiger partial charge is 0.481 e. The van der Waals surface area contributed by atoms with E-state index in [0.717, 1.165) is 12.8 Å². The number of rotatable bonds is 5. The standard InChI is InChI=1S/C13H13ClN2O2/c14-10-3-4-11(9(5-10)7-15)16-12(6-13(17)18)8-1-2-8/h3-5,8,12,16H,1-2,6H2,(H,17,18). The molecule has 1 saturated carbocycles. The van der Waals surface area contributed by atoms with Crippen molar-refractivity contribution in [3.8, 4) is 6.07 Å². The normalized spacial score (nSPS) is 15.8. The lowest BCUT2D eigenvalue weighted by atomic mass is 10.1. The van der Waals surface area contributed by atoms with Gasteiger partial charge < -0.3 is 10.4 Å². The molecule has 1 aliphatic carbocycles. The Hall–Kier alpha value is -1.73. The lowest BCUT2D eigenvalue weighted by Gasteiger charge is -2.18. The highest BCUT2D eigenvalue weighted by atomic mass is 35.5. The van der Waals surface area contributed by atoms with Crippen molar-refractivity contribution >= 4 is 23.3 Å². The fourth-order valence-corrected chi connectivity index (χ4v) is 2.13. The van der Waals surface area contributed by atoms with Crippen LogP contribution in [0, 0.1) is 17.2 Å². The topological polar surface area (TPSA) is 73.1 Å². The van der Waals surface area contributed by atoms with E-state index in [1.807, 2.05) is 0 Å². The monoisotopic (exact) mass is 264 g/mol. The zero-order valence-electron chi connectivity index (χ0n) is 9.69. The Morgan fingerprint density at radius 3 is 2.89 bits per heavy atom. The average molecular weight is 265 g/mol. The number of nitrogens with zero attached hydrogens (tertiary/aromatic N) is 1.